The molecule has 0 aliphatic carbocycles. The summed E-state index contributed by atoms with van der Waals surface area (Å²) in [7, 11) is 0. The summed E-state index contributed by atoms with van der Waals surface area (Å²) in [5.74, 6) is -5.46. The van der Waals surface area contributed by atoms with Crippen molar-refractivity contribution in [2.45, 2.75) is 6.18 Å². The van der Waals surface area contributed by atoms with Crippen molar-refractivity contribution >= 4 is 17.6 Å². The fraction of sp³-hybridized carbons (Fsp3) is 0.111. The number of hydrogen-bond donors (Lipinski definition) is 2. The summed E-state index contributed by atoms with van der Waals surface area (Å²) in [5, 5.41) is 9.75. The van der Waals surface area contributed by atoms with Gasteiger partial charge in [-0.1, -0.05) is 6.07 Å². The number of carboxylic acid groups (broad SMARTS) is 1. The molecule has 92 valence electrons. The lowest BCUT2D eigenvalue weighted by Crippen LogP contribution is -2.30. The van der Waals surface area contributed by atoms with E-state index in [9.17, 15) is 27.2 Å². The van der Waals surface area contributed by atoms with E-state index in [2.05, 4.69) is 0 Å². The predicted octanol–water partition coefficient (Wildman–Crippen LogP) is 2.02. The van der Waals surface area contributed by atoms with Crippen LogP contribution in [0.5, 0.6) is 0 Å². The Labute approximate surface area is 91.9 Å². The van der Waals surface area contributed by atoms with E-state index in [0.717, 1.165) is 18.2 Å². The van der Waals surface area contributed by atoms with E-state index >= 15 is 0 Å². The average molecular weight is 251 g/mol. The normalized spacial score (nSPS) is 11.1. The summed E-state index contributed by atoms with van der Waals surface area (Å²) in [5.41, 5.74) is -1.67. The Kier molecular flexibility index (Phi) is 3.35. The quantitative estimate of drug-likeness (QED) is 0.790. The van der Waals surface area contributed by atoms with Gasteiger partial charge in [-0.25, -0.2) is 9.18 Å². The van der Waals surface area contributed by atoms with Gasteiger partial charge in [0.1, 0.15) is 0 Å². The maximum absolute atomic E-state index is 13.3. The second kappa shape index (κ2) is 4.40. The smallest absolute Gasteiger partial charge is 0.471 e. The molecule has 0 spiro atoms. The second-order valence-corrected chi connectivity index (χ2v) is 2.92. The summed E-state index contributed by atoms with van der Waals surface area (Å²) < 4.78 is 48.9. The van der Waals surface area contributed by atoms with Gasteiger partial charge in [0.15, 0.2) is 5.82 Å². The largest absolute Gasteiger partial charge is 0.478 e. The Bertz CT molecular complexity index is 470. The number of nitrogens with one attached hydrogen (secondary N) is 1. The SMILES string of the molecule is O=C(O)c1cccc(NC(=O)C(F)(F)F)c1F. The molecule has 0 bridgehead atoms. The summed E-state index contributed by atoms with van der Waals surface area (Å²) in [6, 6.07) is 2.70. The highest BCUT2D eigenvalue weighted by Crippen LogP contribution is 2.22. The minimum absolute atomic E-state index is 0.825. The molecule has 0 aliphatic heterocycles. The van der Waals surface area contributed by atoms with Crippen LogP contribution < -0.4 is 5.32 Å². The lowest BCUT2D eigenvalue weighted by atomic mass is 10.2. The van der Waals surface area contributed by atoms with E-state index in [4.69, 9.17) is 5.11 Å². The van der Waals surface area contributed by atoms with Crippen LogP contribution in [0.1, 0.15) is 10.4 Å². The molecule has 0 heterocycles. The third-order valence-electron chi connectivity index (χ3n) is 1.73. The molecule has 0 atom stereocenters. The molecule has 1 rings (SSSR count). The van der Waals surface area contributed by atoms with Gasteiger partial charge < -0.3 is 10.4 Å². The molecule has 1 aromatic rings. The molecule has 0 unspecified atom stereocenters. The van der Waals surface area contributed by atoms with Gasteiger partial charge in [0.05, 0.1) is 11.3 Å². The van der Waals surface area contributed by atoms with Crippen LogP contribution in [0.25, 0.3) is 0 Å². The molecule has 8 heteroatoms. The molecule has 17 heavy (non-hydrogen) atoms. The number of carboxylic acids is 1. The molecule has 0 aromatic heterocycles. The lowest BCUT2D eigenvalue weighted by molar-refractivity contribution is -0.167. The molecule has 1 aromatic carbocycles. The first-order valence-electron chi connectivity index (χ1n) is 4.13. The Morgan fingerprint density at radius 2 is 1.82 bits per heavy atom. The van der Waals surface area contributed by atoms with Crippen LogP contribution in [0, 0.1) is 5.82 Å². The van der Waals surface area contributed by atoms with Crippen LogP contribution >= 0.6 is 0 Å². The highest BCUT2D eigenvalue weighted by atomic mass is 19.4. The second-order valence-electron chi connectivity index (χ2n) is 2.92. The molecular formula is C9H5F4NO3. The number of halogens is 4. The lowest BCUT2D eigenvalue weighted by Gasteiger charge is -2.09. The zero-order valence-corrected chi connectivity index (χ0v) is 8.01. The van der Waals surface area contributed by atoms with E-state index in [0.29, 0.717) is 0 Å². The molecule has 4 nitrogen and oxygen atoms in total. The average Bonchev–Trinajstić information content (AvgIpc) is 2.19. The van der Waals surface area contributed by atoms with E-state index < -0.39 is 35.1 Å². The van der Waals surface area contributed by atoms with Gasteiger partial charge in [0.25, 0.3) is 0 Å². The Balaban J connectivity index is 3.05. The first kappa shape index (κ1) is 12.9. The van der Waals surface area contributed by atoms with Crippen LogP contribution in [-0.2, 0) is 4.79 Å². The minimum atomic E-state index is -5.17. The molecule has 0 saturated carbocycles. The predicted molar refractivity (Wildman–Crippen MR) is 48.0 cm³/mol. The highest BCUT2D eigenvalue weighted by molar-refractivity contribution is 5.96. The number of carbonyl (C=O) groups is 2. The summed E-state index contributed by atoms with van der Waals surface area (Å²) >= 11 is 0. The number of aromatic carboxylic acids is 1. The van der Waals surface area contributed by atoms with Gasteiger partial charge in [-0.2, -0.15) is 13.2 Å². The Morgan fingerprint density at radius 1 is 1.24 bits per heavy atom. The van der Waals surface area contributed by atoms with Gasteiger partial charge in [0, 0.05) is 0 Å². The summed E-state index contributed by atoms with van der Waals surface area (Å²) in [4.78, 5) is 21.0. The molecular weight excluding hydrogens is 246 g/mol. The van der Waals surface area contributed by atoms with Crippen LogP contribution in [0.4, 0.5) is 23.2 Å². The first-order valence-corrected chi connectivity index (χ1v) is 4.13. The minimum Gasteiger partial charge on any atom is -0.478 e. The van der Waals surface area contributed by atoms with Crippen molar-refractivity contribution in [3.8, 4) is 0 Å². The van der Waals surface area contributed by atoms with Crippen molar-refractivity contribution in [1.29, 1.82) is 0 Å². The molecule has 0 saturated heterocycles. The van der Waals surface area contributed by atoms with Crippen LogP contribution in [0.15, 0.2) is 18.2 Å². The van der Waals surface area contributed by atoms with Crippen molar-refractivity contribution in [3.05, 3.63) is 29.6 Å². The Hall–Kier alpha value is -2.12. The number of hydrogen-bond acceptors (Lipinski definition) is 2. The van der Waals surface area contributed by atoms with Gasteiger partial charge in [-0.15, -0.1) is 0 Å². The zero-order valence-electron chi connectivity index (χ0n) is 8.01. The maximum Gasteiger partial charge on any atom is 0.471 e. The van der Waals surface area contributed by atoms with Crippen molar-refractivity contribution in [2.24, 2.45) is 0 Å². The van der Waals surface area contributed by atoms with Crippen molar-refractivity contribution in [3.63, 3.8) is 0 Å². The van der Waals surface area contributed by atoms with Gasteiger partial charge in [-0.3, -0.25) is 4.79 Å². The zero-order chi connectivity index (χ0) is 13.2. The van der Waals surface area contributed by atoms with E-state index in [1.807, 2.05) is 0 Å². The summed E-state index contributed by atoms with van der Waals surface area (Å²) in [6.45, 7) is 0. The van der Waals surface area contributed by atoms with Gasteiger partial charge >= 0.3 is 18.1 Å². The molecule has 2 N–H and O–H groups in total. The highest BCUT2D eigenvalue weighted by Gasteiger charge is 2.39. The number of alkyl halides is 3. The number of rotatable bonds is 2. The topological polar surface area (TPSA) is 66.4 Å². The van der Waals surface area contributed by atoms with Crippen molar-refractivity contribution < 1.29 is 32.3 Å². The first-order chi connectivity index (χ1) is 7.73. The van der Waals surface area contributed by atoms with Crippen LogP contribution in [0.2, 0.25) is 0 Å². The monoisotopic (exact) mass is 251 g/mol. The number of amides is 1. The van der Waals surface area contributed by atoms with Crippen LogP contribution in [0.3, 0.4) is 0 Å². The standard InChI is InChI=1S/C9H5F4NO3/c10-6-4(7(15)16)2-1-3-5(6)14-8(17)9(11,12)13/h1-3H,(H,14,17)(H,15,16). The fourth-order valence-corrected chi connectivity index (χ4v) is 0.987. The van der Waals surface area contributed by atoms with Gasteiger partial charge in [0.2, 0.25) is 0 Å². The molecule has 1 amide bonds. The van der Waals surface area contributed by atoms with Crippen molar-refractivity contribution in [2.75, 3.05) is 5.32 Å². The molecule has 0 aliphatic rings. The van der Waals surface area contributed by atoms with E-state index in [1.165, 1.54) is 5.32 Å². The Morgan fingerprint density at radius 3 is 2.29 bits per heavy atom. The maximum atomic E-state index is 13.3. The molecule has 0 fully saturated rings. The third kappa shape index (κ3) is 2.92. The summed E-state index contributed by atoms with van der Waals surface area (Å²) in [6.07, 6.45) is -5.17. The number of anilines is 1. The van der Waals surface area contributed by atoms with E-state index in [-0.39, 0.29) is 0 Å². The van der Waals surface area contributed by atoms with Crippen LogP contribution in [-0.4, -0.2) is 23.2 Å². The van der Waals surface area contributed by atoms with E-state index in [1.54, 1.807) is 0 Å². The number of carbonyl (C=O) groups excluding carboxylic acids is 1. The molecule has 0 radical (unpaired) electrons. The van der Waals surface area contributed by atoms with Crippen molar-refractivity contribution in [1.82, 2.24) is 0 Å². The fourth-order valence-electron chi connectivity index (χ4n) is 0.987. The number of benzene rings is 1. The van der Waals surface area contributed by atoms with Gasteiger partial charge in [-0.05, 0) is 12.1 Å². The third-order valence-corrected chi connectivity index (χ3v) is 1.73.